The van der Waals surface area contributed by atoms with Gasteiger partial charge in [0.1, 0.15) is 0 Å². The molecule has 0 bridgehead atoms. The number of hydrazone groups is 1. The SMILES string of the molecule is CCCCCOC(=O)c1ccc2c(c1)-c1ccccc1C2=NN(c1ccc2ccccc2c1)c1ccc2ccccc2c1. The molecule has 0 fully saturated rings. The molecule has 0 saturated carbocycles. The Kier molecular flexibility index (Phi) is 7.18. The molecule has 0 heterocycles. The Bertz CT molecular complexity index is 1930. The Morgan fingerprint density at radius 1 is 0.605 bits per heavy atom. The average molecular weight is 561 g/mol. The number of hydrogen-bond acceptors (Lipinski definition) is 4. The summed E-state index contributed by atoms with van der Waals surface area (Å²) in [6.45, 7) is 2.58. The standard InChI is InChI=1S/C39H32N2O2/c1-2-3-10-23-43-39(42)31-19-22-36-37(26-31)34-15-8-9-16-35(34)38(36)40-41(32-20-17-27-11-4-6-13-29(27)24-32)33-21-18-28-12-5-7-14-30(28)25-33/h4-9,11-22,24-26H,2-3,10,23H2,1H3. The topological polar surface area (TPSA) is 41.9 Å². The minimum atomic E-state index is -0.282. The van der Waals surface area contributed by atoms with Gasteiger partial charge >= 0.3 is 5.97 Å². The van der Waals surface area contributed by atoms with Gasteiger partial charge < -0.3 is 4.74 Å². The fourth-order valence-electron chi connectivity index (χ4n) is 5.86. The van der Waals surface area contributed by atoms with Crippen molar-refractivity contribution in [2.75, 3.05) is 11.6 Å². The average Bonchev–Trinajstić information content (AvgIpc) is 3.37. The molecule has 4 heteroatoms. The molecule has 4 nitrogen and oxygen atoms in total. The van der Waals surface area contributed by atoms with Crippen LogP contribution >= 0.6 is 0 Å². The van der Waals surface area contributed by atoms with Crippen molar-refractivity contribution in [3.8, 4) is 11.1 Å². The number of hydrogen-bond donors (Lipinski definition) is 0. The number of benzene rings is 6. The summed E-state index contributed by atoms with van der Waals surface area (Å²) in [6.07, 6.45) is 3.02. The van der Waals surface area contributed by atoms with E-state index in [-0.39, 0.29) is 5.97 Å². The van der Waals surface area contributed by atoms with Crippen LogP contribution in [-0.4, -0.2) is 18.3 Å². The Hall–Kier alpha value is -5.22. The highest BCUT2D eigenvalue weighted by molar-refractivity contribution is 6.25. The Balaban J connectivity index is 1.36. The van der Waals surface area contributed by atoms with E-state index in [1.54, 1.807) is 0 Å². The predicted octanol–water partition coefficient (Wildman–Crippen LogP) is 9.91. The molecule has 6 aromatic carbocycles. The van der Waals surface area contributed by atoms with Crippen molar-refractivity contribution in [1.29, 1.82) is 0 Å². The number of rotatable bonds is 8. The van der Waals surface area contributed by atoms with Gasteiger partial charge in [0.2, 0.25) is 0 Å². The summed E-state index contributed by atoms with van der Waals surface area (Å²) in [6, 6.07) is 43.8. The van der Waals surface area contributed by atoms with E-state index in [2.05, 4.69) is 104 Å². The number of anilines is 2. The number of esters is 1. The van der Waals surface area contributed by atoms with Gasteiger partial charge in [-0.1, -0.05) is 111 Å². The molecular weight excluding hydrogens is 528 g/mol. The van der Waals surface area contributed by atoms with Gasteiger partial charge in [-0.2, -0.15) is 5.10 Å². The maximum Gasteiger partial charge on any atom is 0.338 e. The van der Waals surface area contributed by atoms with Crippen LogP contribution in [0.3, 0.4) is 0 Å². The zero-order valence-corrected chi connectivity index (χ0v) is 24.2. The number of carbonyl (C=O) groups is 1. The molecule has 0 saturated heterocycles. The number of unbranched alkanes of at least 4 members (excludes halogenated alkanes) is 2. The monoisotopic (exact) mass is 560 g/mol. The molecule has 7 rings (SSSR count). The highest BCUT2D eigenvalue weighted by Crippen LogP contribution is 2.40. The van der Waals surface area contributed by atoms with Crippen LogP contribution in [0, 0.1) is 0 Å². The molecule has 0 N–H and O–H groups in total. The second-order valence-corrected chi connectivity index (χ2v) is 11.0. The maximum atomic E-state index is 12.9. The quantitative estimate of drug-likeness (QED) is 0.106. The minimum absolute atomic E-state index is 0.282. The first-order valence-corrected chi connectivity index (χ1v) is 15.0. The number of carbonyl (C=O) groups excluding carboxylic acids is 1. The van der Waals surface area contributed by atoms with Gasteiger partial charge in [-0.15, -0.1) is 0 Å². The van der Waals surface area contributed by atoms with Crippen LogP contribution in [0.4, 0.5) is 11.4 Å². The second kappa shape index (κ2) is 11.6. The Morgan fingerprint density at radius 3 is 1.84 bits per heavy atom. The number of ether oxygens (including phenoxy) is 1. The molecule has 0 unspecified atom stereocenters. The number of fused-ring (bicyclic) bond motifs is 5. The van der Waals surface area contributed by atoms with Crippen molar-refractivity contribution in [1.82, 2.24) is 0 Å². The molecule has 0 spiro atoms. The summed E-state index contributed by atoms with van der Waals surface area (Å²) in [5.74, 6) is -0.282. The van der Waals surface area contributed by atoms with Gasteiger partial charge in [0.05, 0.1) is 29.3 Å². The van der Waals surface area contributed by atoms with Gasteiger partial charge in [-0.25, -0.2) is 9.80 Å². The lowest BCUT2D eigenvalue weighted by atomic mass is 10.0. The second-order valence-electron chi connectivity index (χ2n) is 11.0. The van der Waals surface area contributed by atoms with Crippen LogP contribution in [0.1, 0.15) is 47.7 Å². The summed E-state index contributed by atoms with van der Waals surface area (Å²) in [4.78, 5) is 12.9. The molecule has 6 aromatic rings. The molecule has 1 aliphatic rings. The van der Waals surface area contributed by atoms with Crippen LogP contribution in [0.15, 0.2) is 132 Å². The summed E-state index contributed by atoms with van der Waals surface area (Å²) in [5.41, 5.74) is 7.47. The Morgan fingerprint density at radius 2 is 1.19 bits per heavy atom. The zero-order chi connectivity index (χ0) is 29.2. The summed E-state index contributed by atoms with van der Waals surface area (Å²) < 4.78 is 5.58. The lowest BCUT2D eigenvalue weighted by molar-refractivity contribution is 0.0498. The van der Waals surface area contributed by atoms with E-state index >= 15 is 0 Å². The van der Waals surface area contributed by atoms with E-state index in [0.29, 0.717) is 12.2 Å². The first kappa shape index (κ1) is 26.7. The molecule has 210 valence electrons. The molecule has 43 heavy (non-hydrogen) atoms. The van der Waals surface area contributed by atoms with Crippen molar-refractivity contribution in [2.45, 2.75) is 26.2 Å². The fourth-order valence-corrected chi connectivity index (χ4v) is 5.86. The van der Waals surface area contributed by atoms with Crippen LogP contribution in [-0.2, 0) is 4.74 Å². The van der Waals surface area contributed by atoms with E-state index in [4.69, 9.17) is 9.84 Å². The van der Waals surface area contributed by atoms with Crippen LogP contribution < -0.4 is 5.01 Å². The smallest absolute Gasteiger partial charge is 0.338 e. The normalized spacial score (nSPS) is 12.8. The fraction of sp³-hybridized carbons (Fsp3) is 0.128. The van der Waals surface area contributed by atoms with Gasteiger partial charge in [-0.3, -0.25) is 0 Å². The van der Waals surface area contributed by atoms with Crippen molar-refractivity contribution >= 4 is 44.6 Å². The van der Waals surface area contributed by atoms with E-state index in [0.717, 1.165) is 69.4 Å². The van der Waals surface area contributed by atoms with Gasteiger partial charge in [0.15, 0.2) is 0 Å². The maximum absolute atomic E-state index is 12.9. The molecule has 0 aliphatic heterocycles. The molecule has 0 aromatic heterocycles. The van der Waals surface area contributed by atoms with Crippen LogP contribution in [0.25, 0.3) is 32.7 Å². The van der Waals surface area contributed by atoms with E-state index in [1.807, 2.05) is 35.3 Å². The van der Waals surface area contributed by atoms with Crippen LogP contribution in [0.5, 0.6) is 0 Å². The summed E-state index contributed by atoms with van der Waals surface area (Å²) in [5, 5.41) is 12.1. The lowest BCUT2D eigenvalue weighted by Gasteiger charge is -2.22. The third-order valence-electron chi connectivity index (χ3n) is 8.12. The van der Waals surface area contributed by atoms with E-state index in [1.165, 1.54) is 10.8 Å². The largest absolute Gasteiger partial charge is 0.462 e. The van der Waals surface area contributed by atoms with Crippen LogP contribution in [0.2, 0.25) is 0 Å². The first-order chi connectivity index (χ1) is 21.2. The molecule has 0 amide bonds. The summed E-state index contributed by atoms with van der Waals surface area (Å²) >= 11 is 0. The van der Waals surface area contributed by atoms with Crippen molar-refractivity contribution in [2.24, 2.45) is 5.10 Å². The third-order valence-corrected chi connectivity index (χ3v) is 8.12. The Labute approximate surface area is 251 Å². The summed E-state index contributed by atoms with van der Waals surface area (Å²) in [7, 11) is 0. The zero-order valence-electron chi connectivity index (χ0n) is 24.2. The van der Waals surface area contributed by atoms with Gasteiger partial charge in [0, 0.05) is 11.1 Å². The van der Waals surface area contributed by atoms with Crippen molar-refractivity contribution in [3.05, 3.63) is 144 Å². The van der Waals surface area contributed by atoms with E-state index in [9.17, 15) is 4.79 Å². The van der Waals surface area contributed by atoms with Crippen molar-refractivity contribution in [3.63, 3.8) is 0 Å². The number of nitrogens with zero attached hydrogens (tertiary/aromatic N) is 2. The lowest BCUT2D eigenvalue weighted by Crippen LogP contribution is -2.14. The van der Waals surface area contributed by atoms with Gasteiger partial charge in [0.25, 0.3) is 0 Å². The van der Waals surface area contributed by atoms with Crippen molar-refractivity contribution < 1.29 is 9.53 Å². The molecule has 0 radical (unpaired) electrons. The minimum Gasteiger partial charge on any atom is -0.462 e. The highest BCUT2D eigenvalue weighted by Gasteiger charge is 2.27. The first-order valence-electron chi connectivity index (χ1n) is 15.0. The van der Waals surface area contributed by atoms with Gasteiger partial charge in [-0.05, 0) is 75.5 Å². The third kappa shape index (κ3) is 5.17. The van der Waals surface area contributed by atoms with E-state index < -0.39 is 0 Å². The molecule has 0 atom stereocenters. The molecule has 1 aliphatic carbocycles. The predicted molar refractivity (Wildman–Crippen MR) is 177 cm³/mol. The highest BCUT2D eigenvalue weighted by atomic mass is 16.5. The molecular formula is C39H32N2O2.